The predicted molar refractivity (Wildman–Crippen MR) is 115 cm³/mol. The van der Waals surface area contributed by atoms with Crippen molar-refractivity contribution in [3.8, 4) is 0 Å². The molecule has 5 rings (SSSR count). The molecule has 0 aliphatic carbocycles. The van der Waals surface area contributed by atoms with Crippen LogP contribution in [-0.2, 0) is 5.54 Å². The first-order chi connectivity index (χ1) is 14.7. The molecule has 0 saturated carbocycles. The summed E-state index contributed by atoms with van der Waals surface area (Å²) in [5, 5.41) is 11.5. The molecule has 1 aromatic carbocycles. The number of anilines is 1. The molecular weight excluding hydrogens is 380 g/mol. The fourth-order valence-corrected chi connectivity index (χ4v) is 4.70. The molecule has 0 radical (unpaired) electrons. The maximum atomic E-state index is 6.23. The van der Waals surface area contributed by atoms with Crippen LogP contribution in [0.2, 0.25) is 0 Å². The highest BCUT2D eigenvalue weighted by Gasteiger charge is 2.57. The van der Waals surface area contributed by atoms with Gasteiger partial charge in [0.2, 0.25) is 0 Å². The van der Waals surface area contributed by atoms with Crippen LogP contribution in [0, 0.1) is 0 Å². The molecule has 2 aromatic rings. The molecule has 1 fully saturated rings. The van der Waals surface area contributed by atoms with E-state index in [1.807, 2.05) is 42.9 Å². The fourth-order valence-electron chi connectivity index (χ4n) is 4.70. The van der Waals surface area contributed by atoms with Gasteiger partial charge in [0.1, 0.15) is 0 Å². The molecule has 0 spiro atoms. The van der Waals surface area contributed by atoms with Gasteiger partial charge in [0, 0.05) is 45.5 Å². The van der Waals surface area contributed by atoms with Crippen molar-refractivity contribution in [1.82, 2.24) is 25.4 Å². The summed E-state index contributed by atoms with van der Waals surface area (Å²) >= 11 is 0. The van der Waals surface area contributed by atoms with Crippen LogP contribution in [0.3, 0.4) is 0 Å². The van der Waals surface area contributed by atoms with Crippen LogP contribution in [0.1, 0.15) is 18.2 Å². The topological polar surface area (TPSA) is 108 Å². The zero-order valence-electron chi connectivity index (χ0n) is 17.0. The van der Waals surface area contributed by atoms with Crippen LogP contribution in [0.25, 0.3) is 0 Å². The average molecular weight is 406 g/mol. The van der Waals surface area contributed by atoms with E-state index in [1.165, 1.54) is 5.57 Å². The number of nitrogens with one attached hydrogen (secondary N) is 1. The Labute approximate surface area is 175 Å². The van der Waals surface area contributed by atoms with Crippen molar-refractivity contribution in [2.75, 3.05) is 45.0 Å². The number of hydrogen-bond donors (Lipinski definition) is 2. The molecule has 0 bridgehead atoms. The van der Waals surface area contributed by atoms with Crippen molar-refractivity contribution in [3.63, 3.8) is 0 Å². The van der Waals surface area contributed by atoms with Crippen molar-refractivity contribution in [1.29, 1.82) is 0 Å². The molecular formula is C21H26N8O. The van der Waals surface area contributed by atoms with Gasteiger partial charge >= 0.3 is 0 Å². The SMILES string of the molecule is CCN1C=NC2(c3nonc3N)C(c3ccccc3)=NC=C(CN3CCNCC3)C12. The molecule has 9 nitrogen and oxygen atoms in total. The van der Waals surface area contributed by atoms with Gasteiger partial charge in [0.25, 0.3) is 0 Å². The lowest BCUT2D eigenvalue weighted by atomic mass is 9.75. The van der Waals surface area contributed by atoms with E-state index >= 15 is 0 Å². The Morgan fingerprint density at radius 2 is 2.00 bits per heavy atom. The van der Waals surface area contributed by atoms with Gasteiger partial charge in [-0.3, -0.25) is 14.9 Å². The molecule has 9 heteroatoms. The molecule has 1 saturated heterocycles. The molecule has 2 atom stereocenters. The maximum absolute atomic E-state index is 6.23. The fraction of sp³-hybridized carbons (Fsp3) is 0.429. The van der Waals surface area contributed by atoms with Gasteiger partial charge in [-0.05, 0) is 28.4 Å². The first kappa shape index (κ1) is 19.0. The van der Waals surface area contributed by atoms with Crippen LogP contribution in [-0.4, -0.2) is 77.5 Å². The molecule has 0 amide bonds. The van der Waals surface area contributed by atoms with Gasteiger partial charge in [0.15, 0.2) is 17.1 Å². The van der Waals surface area contributed by atoms with Crippen molar-refractivity contribution >= 4 is 17.9 Å². The highest BCUT2D eigenvalue weighted by molar-refractivity contribution is 6.11. The second-order valence-corrected chi connectivity index (χ2v) is 7.82. The zero-order chi connectivity index (χ0) is 20.6. The van der Waals surface area contributed by atoms with Gasteiger partial charge in [0.05, 0.1) is 18.1 Å². The van der Waals surface area contributed by atoms with Crippen LogP contribution in [0.5, 0.6) is 0 Å². The number of hydrogen-bond acceptors (Lipinski definition) is 9. The molecule has 3 N–H and O–H groups in total. The van der Waals surface area contributed by atoms with E-state index in [9.17, 15) is 0 Å². The number of rotatable bonds is 5. The van der Waals surface area contributed by atoms with Gasteiger partial charge in [-0.25, -0.2) is 4.63 Å². The summed E-state index contributed by atoms with van der Waals surface area (Å²) in [4.78, 5) is 14.6. The number of nitrogens with two attached hydrogens (primary N) is 1. The number of piperazine rings is 1. The predicted octanol–water partition coefficient (Wildman–Crippen LogP) is 0.872. The molecule has 3 aliphatic heterocycles. The number of aromatic nitrogens is 2. The Balaban J connectivity index is 1.66. The summed E-state index contributed by atoms with van der Waals surface area (Å²) in [6.07, 6.45) is 3.91. The van der Waals surface area contributed by atoms with E-state index in [0.717, 1.165) is 50.5 Å². The molecule has 156 valence electrons. The summed E-state index contributed by atoms with van der Waals surface area (Å²) in [7, 11) is 0. The second-order valence-electron chi connectivity index (χ2n) is 7.82. The van der Waals surface area contributed by atoms with Crippen LogP contribution >= 0.6 is 0 Å². The standard InChI is InChI=1S/C21H26N8O/c1-2-29-14-25-21(18-20(22)27-30-26-18)17(15-6-4-3-5-7-15)24-12-16(19(21)29)13-28-10-8-23-9-11-28/h3-7,12,14,19,23H,2,8-11,13H2,1H3,(H2,22,27). The van der Waals surface area contributed by atoms with Crippen molar-refractivity contribution < 1.29 is 4.63 Å². The average Bonchev–Trinajstić information content (AvgIpc) is 3.40. The Kier molecular flexibility index (Phi) is 4.84. The first-order valence-electron chi connectivity index (χ1n) is 10.4. The minimum absolute atomic E-state index is 0.0840. The molecule has 3 aliphatic rings. The lowest BCUT2D eigenvalue weighted by molar-refractivity contribution is 0.232. The number of likely N-dealkylation sites (N-methyl/N-ethyl adjacent to an activating group) is 1. The first-order valence-corrected chi connectivity index (χ1v) is 10.4. The summed E-state index contributed by atoms with van der Waals surface area (Å²) in [6, 6.07) is 9.99. The minimum atomic E-state index is -0.889. The normalized spacial score (nSPS) is 26.4. The summed E-state index contributed by atoms with van der Waals surface area (Å²) in [6.45, 7) is 7.76. The smallest absolute Gasteiger partial charge is 0.194 e. The Morgan fingerprint density at radius 1 is 1.20 bits per heavy atom. The van der Waals surface area contributed by atoms with Crippen molar-refractivity contribution in [2.24, 2.45) is 9.98 Å². The summed E-state index contributed by atoms with van der Waals surface area (Å²) < 4.78 is 5.03. The van der Waals surface area contributed by atoms with E-state index in [4.69, 9.17) is 20.3 Å². The Bertz CT molecular complexity index is 991. The van der Waals surface area contributed by atoms with E-state index in [0.29, 0.717) is 5.69 Å². The number of fused-ring (bicyclic) bond motifs is 1. The zero-order valence-corrected chi connectivity index (χ0v) is 17.0. The monoisotopic (exact) mass is 406 g/mol. The largest absolute Gasteiger partial charge is 0.379 e. The molecule has 1 aromatic heterocycles. The molecule has 2 unspecified atom stereocenters. The third-order valence-corrected chi connectivity index (χ3v) is 6.11. The lowest BCUT2D eigenvalue weighted by Crippen LogP contribution is -2.54. The minimum Gasteiger partial charge on any atom is -0.379 e. The Morgan fingerprint density at radius 3 is 2.70 bits per heavy atom. The van der Waals surface area contributed by atoms with E-state index in [-0.39, 0.29) is 11.9 Å². The summed E-state index contributed by atoms with van der Waals surface area (Å²) in [5.74, 6) is 0.252. The van der Waals surface area contributed by atoms with Gasteiger partial charge in [-0.2, -0.15) is 0 Å². The quantitative estimate of drug-likeness (QED) is 0.758. The van der Waals surface area contributed by atoms with E-state index < -0.39 is 5.54 Å². The van der Waals surface area contributed by atoms with Crippen LogP contribution in [0.4, 0.5) is 5.82 Å². The van der Waals surface area contributed by atoms with Crippen molar-refractivity contribution in [2.45, 2.75) is 18.5 Å². The van der Waals surface area contributed by atoms with Gasteiger partial charge in [-0.1, -0.05) is 30.3 Å². The number of nitrogens with zero attached hydrogens (tertiary/aromatic N) is 6. The molecule has 4 heterocycles. The van der Waals surface area contributed by atoms with Crippen LogP contribution in [0.15, 0.2) is 56.7 Å². The van der Waals surface area contributed by atoms with Crippen LogP contribution < -0.4 is 11.1 Å². The van der Waals surface area contributed by atoms with Gasteiger partial charge < -0.3 is 16.0 Å². The van der Waals surface area contributed by atoms with Gasteiger partial charge in [-0.15, -0.1) is 0 Å². The number of benzene rings is 1. The lowest BCUT2D eigenvalue weighted by Gasteiger charge is -2.41. The second kappa shape index (κ2) is 7.66. The molecule has 30 heavy (non-hydrogen) atoms. The number of aliphatic imine (C=N–C) groups is 2. The van der Waals surface area contributed by atoms with E-state index in [2.05, 4.69) is 32.4 Å². The third-order valence-electron chi connectivity index (χ3n) is 6.11. The van der Waals surface area contributed by atoms with E-state index in [1.54, 1.807) is 0 Å². The highest BCUT2D eigenvalue weighted by Crippen LogP contribution is 2.45. The maximum Gasteiger partial charge on any atom is 0.194 e. The Hall–Kier alpha value is -3.04. The highest BCUT2D eigenvalue weighted by atomic mass is 16.6. The number of nitrogen functional groups attached to an aromatic ring is 1. The summed E-state index contributed by atoms with van der Waals surface area (Å²) in [5.41, 5.74) is 8.85. The third kappa shape index (κ3) is 2.93. The van der Waals surface area contributed by atoms with Crippen molar-refractivity contribution in [3.05, 3.63) is 53.4 Å².